The molecule has 31 heavy (non-hydrogen) atoms. The summed E-state index contributed by atoms with van der Waals surface area (Å²) in [5.41, 5.74) is 0. The molecule has 1 saturated carbocycles. The smallest absolute Gasteiger partial charge is 0.407 e. The van der Waals surface area contributed by atoms with Crippen molar-refractivity contribution in [3.8, 4) is 11.8 Å². The van der Waals surface area contributed by atoms with Gasteiger partial charge in [-0.2, -0.15) is 0 Å². The average molecular weight is 441 g/mol. The molecule has 1 unspecified atom stereocenters. The van der Waals surface area contributed by atoms with Crippen molar-refractivity contribution in [3.63, 3.8) is 0 Å². The van der Waals surface area contributed by atoms with E-state index in [1.165, 1.54) is 0 Å². The second-order valence-electron chi connectivity index (χ2n) is 7.43. The van der Waals surface area contributed by atoms with Crippen molar-refractivity contribution in [2.45, 2.75) is 32.6 Å². The van der Waals surface area contributed by atoms with E-state index in [1.54, 1.807) is 0 Å². The van der Waals surface area contributed by atoms with Crippen LogP contribution in [0.15, 0.2) is 0 Å². The molecule has 2 aliphatic rings. The van der Waals surface area contributed by atoms with Crippen LogP contribution >= 0.6 is 0 Å². The SMILES string of the molecule is CCOCCOC(=O)NCCOCCOCCNC(=O)OCC1[C@H]2CCC#CCC[C@@H]12. The number of carbonyl (C=O) groups excluding carboxylic acids is 2. The average Bonchev–Trinajstić information content (AvgIpc) is 3.40. The fourth-order valence-electron chi connectivity index (χ4n) is 3.67. The Kier molecular flexibility index (Phi) is 12.8. The highest BCUT2D eigenvalue weighted by atomic mass is 16.6. The maximum absolute atomic E-state index is 11.8. The molecular weight excluding hydrogens is 404 g/mol. The number of amides is 2. The highest BCUT2D eigenvalue weighted by Gasteiger charge is 2.49. The van der Waals surface area contributed by atoms with Crippen LogP contribution in [-0.4, -0.2) is 78.1 Å². The zero-order chi connectivity index (χ0) is 22.2. The van der Waals surface area contributed by atoms with Gasteiger partial charge in [-0.3, -0.25) is 0 Å². The molecule has 9 heteroatoms. The van der Waals surface area contributed by atoms with Crippen molar-refractivity contribution >= 4 is 12.2 Å². The first-order valence-corrected chi connectivity index (χ1v) is 11.2. The van der Waals surface area contributed by atoms with E-state index >= 15 is 0 Å². The molecule has 2 amide bonds. The van der Waals surface area contributed by atoms with Gasteiger partial charge in [0.2, 0.25) is 0 Å². The van der Waals surface area contributed by atoms with E-state index in [2.05, 4.69) is 22.5 Å². The lowest BCUT2D eigenvalue weighted by Gasteiger charge is -2.09. The van der Waals surface area contributed by atoms with Gasteiger partial charge in [0, 0.05) is 32.5 Å². The monoisotopic (exact) mass is 440 g/mol. The fraction of sp³-hybridized carbons (Fsp3) is 0.818. The summed E-state index contributed by atoms with van der Waals surface area (Å²) in [6.45, 7) is 5.89. The van der Waals surface area contributed by atoms with Crippen LogP contribution in [0.2, 0.25) is 0 Å². The first kappa shape index (κ1) is 25.2. The number of nitrogens with one attached hydrogen (secondary N) is 2. The third kappa shape index (κ3) is 11.2. The highest BCUT2D eigenvalue weighted by molar-refractivity contribution is 5.67. The zero-order valence-corrected chi connectivity index (χ0v) is 18.5. The Balaban J connectivity index is 1.32. The molecule has 0 aromatic carbocycles. The molecule has 0 bridgehead atoms. The Hall–Kier alpha value is -2.02. The summed E-state index contributed by atoms with van der Waals surface area (Å²) < 4.78 is 26.1. The van der Waals surface area contributed by atoms with Gasteiger partial charge < -0.3 is 34.3 Å². The molecule has 0 aromatic heterocycles. The molecule has 2 aliphatic carbocycles. The van der Waals surface area contributed by atoms with Crippen LogP contribution in [0.3, 0.4) is 0 Å². The first-order chi connectivity index (χ1) is 15.2. The molecule has 2 N–H and O–H groups in total. The Morgan fingerprint density at radius 1 is 0.774 bits per heavy atom. The lowest BCUT2D eigenvalue weighted by molar-refractivity contribution is 0.0474. The van der Waals surface area contributed by atoms with Crippen molar-refractivity contribution < 1.29 is 33.3 Å². The Morgan fingerprint density at radius 2 is 1.32 bits per heavy atom. The summed E-state index contributed by atoms with van der Waals surface area (Å²) in [4.78, 5) is 23.1. The summed E-state index contributed by atoms with van der Waals surface area (Å²) in [5.74, 6) is 8.21. The van der Waals surface area contributed by atoms with Gasteiger partial charge in [-0.1, -0.05) is 0 Å². The van der Waals surface area contributed by atoms with E-state index in [9.17, 15) is 9.59 Å². The minimum absolute atomic E-state index is 0.229. The van der Waals surface area contributed by atoms with E-state index in [4.69, 9.17) is 23.7 Å². The minimum Gasteiger partial charge on any atom is -0.449 e. The summed E-state index contributed by atoms with van der Waals surface area (Å²) in [5, 5.41) is 5.28. The van der Waals surface area contributed by atoms with Crippen LogP contribution in [0.25, 0.3) is 0 Å². The van der Waals surface area contributed by atoms with E-state index in [0.29, 0.717) is 77.1 Å². The summed E-state index contributed by atoms with van der Waals surface area (Å²) in [6, 6.07) is 0. The van der Waals surface area contributed by atoms with Gasteiger partial charge in [-0.25, -0.2) is 9.59 Å². The summed E-state index contributed by atoms with van der Waals surface area (Å²) in [6.07, 6.45) is 3.29. The lowest BCUT2D eigenvalue weighted by atomic mass is 10.1. The van der Waals surface area contributed by atoms with Gasteiger partial charge in [0.15, 0.2) is 0 Å². The predicted molar refractivity (Wildman–Crippen MR) is 114 cm³/mol. The molecule has 9 nitrogen and oxygen atoms in total. The predicted octanol–water partition coefficient (Wildman–Crippen LogP) is 1.95. The molecule has 0 saturated heterocycles. The van der Waals surface area contributed by atoms with Crippen LogP contribution in [0, 0.1) is 29.6 Å². The molecule has 1 fully saturated rings. The highest BCUT2D eigenvalue weighted by Crippen LogP contribution is 2.52. The number of fused-ring (bicyclic) bond motifs is 1. The van der Waals surface area contributed by atoms with Gasteiger partial charge in [-0.05, 0) is 37.5 Å². The molecule has 2 rings (SSSR count). The minimum atomic E-state index is -0.488. The number of ether oxygens (including phenoxy) is 5. The van der Waals surface area contributed by atoms with E-state index < -0.39 is 12.2 Å². The Bertz CT molecular complexity index is 572. The molecule has 0 aromatic rings. The molecule has 176 valence electrons. The standard InChI is InChI=1S/C22H36N2O7/c1-2-27-15-16-30-21(25)23-9-11-28-13-14-29-12-10-24-22(26)31-17-20-18-7-5-3-4-6-8-19(18)20/h18-20H,2,5-17H2,1H3,(H,23,25)(H,24,26)/t18-,19+,20?. The van der Waals surface area contributed by atoms with Gasteiger partial charge in [0.05, 0.1) is 39.6 Å². The Morgan fingerprint density at radius 3 is 1.90 bits per heavy atom. The zero-order valence-electron chi connectivity index (χ0n) is 18.5. The van der Waals surface area contributed by atoms with Gasteiger partial charge >= 0.3 is 12.2 Å². The van der Waals surface area contributed by atoms with E-state index in [0.717, 1.165) is 25.7 Å². The largest absolute Gasteiger partial charge is 0.449 e. The Labute approximate surface area is 184 Å². The van der Waals surface area contributed by atoms with Crippen LogP contribution < -0.4 is 10.6 Å². The number of rotatable bonds is 15. The van der Waals surface area contributed by atoms with Crippen molar-refractivity contribution in [2.24, 2.45) is 17.8 Å². The van der Waals surface area contributed by atoms with Gasteiger partial charge in [-0.15, -0.1) is 11.8 Å². The molecule has 0 heterocycles. The van der Waals surface area contributed by atoms with Crippen molar-refractivity contribution in [1.29, 1.82) is 0 Å². The molecule has 0 radical (unpaired) electrons. The van der Waals surface area contributed by atoms with Crippen molar-refractivity contribution in [1.82, 2.24) is 10.6 Å². The first-order valence-electron chi connectivity index (χ1n) is 11.2. The van der Waals surface area contributed by atoms with Crippen molar-refractivity contribution in [3.05, 3.63) is 0 Å². The van der Waals surface area contributed by atoms with Crippen LogP contribution in [0.4, 0.5) is 9.59 Å². The number of carbonyl (C=O) groups is 2. The van der Waals surface area contributed by atoms with E-state index in [-0.39, 0.29) is 6.61 Å². The number of hydrogen-bond acceptors (Lipinski definition) is 7. The molecular formula is C22H36N2O7. The molecule has 0 aliphatic heterocycles. The van der Waals surface area contributed by atoms with Gasteiger partial charge in [0.25, 0.3) is 0 Å². The normalized spacial score (nSPS) is 21.5. The fourth-order valence-corrected chi connectivity index (χ4v) is 3.67. The topological polar surface area (TPSA) is 104 Å². The second-order valence-corrected chi connectivity index (χ2v) is 7.43. The third-order valence-corrected chi connectivity index (χ3v) is 5.31. The lowest BCUT2D eigenvalue weighted by Crippen LogP contribution is -2.30. The molecule has 0 spiro atoms. The number of hydrogen-bond donors (Lipinski definition) is 2. The van der Waals surface area contributed by atoms with Crippen LogP contribution in [0.5, 0.6) is 0 Å². The van der Waals surface area contributed by atoms with Crippen molar-refractivity contribution in [2.75, 3.05) is 65.9 Å². The quantitative estimate of drug-likeness (QED) is 0.296. The maximum atomic E-state index is 11.8. The number of alkyl carbamates (subject to hydrolysis) is 2. The maximum Gasteiger partial charge on any atom is 0.407 e. The van der Waals surface area contributed by atoms with Crippen LogP contribution in [-0.2, 0) is 23.7 Å². The van der Waals surface area contributed by atoms with Crippen LogP contribution in [0.1, 0.15) is 32.6 Å². The summed E-state index contributed by atoms with van der Waals surface area (Å²) >= 11 is 0. The molecule has 3 atom stereocenters. The third-order valence-electron chi connectivity index (χ3n) is 5.31. The summed E-state index contributed by atoms with van der Waals surface area (Å²) in [7, 11) is 0. The van der Waals surface area contributed by atoms with Gasteiger partial charge in [0.1, 0.15) is 6.61 Å². The van der Waals surface area contributed by atoms with E-state index in [1.807, 2.05) is 6.92 Å². The second kappa shape index (κ2) is 15.7.